The molecule has 114 valence electrons. The molecule has 2 nitrogen and oxygen atoms in total. The van der Waals surface area contributed by atoms with Crippen molar-refractivity contribution < 1.29 is 4.74 Å². The van der Waals surface area contributed by atoms with E-state index in [1.54, 1.807) is 6.08 Å². The van der Waals surface area contributed by atoms with Crippen LogP contribution in [-0.4, -0.2) is 11.6 Å². The number of hydrogen-bond acceptors (Lipinski definition) is 2. The zero-order valence-corrected chi connectivity index (χ0v) is 13.3. The third-order valence-electron chi connectivity index (χ3n) is 3.31. The molecule has 1 aromatic rings. The monoisotopic (exact) mass is 285 g/mol. The standard InChI is InChI=1S/C19H27NO/c1-5-8-12-16(4)15-21-19-14-9-13-18(20-19)17(10-6-2)11-7-3/h5,8-9,12-14,17H,1,4,6-7,10-11,15H2,2-3H3/b12-8-. The van der Waals surface area contributed by atoms with E-state index in [0.717, 1.165) is 11.3 Å². The maximum absolute atomic E-state index is 5.72. The molecular weight excluding hydrogens is 258 g/mol. The highest BCUT2D eigenvalue weighted by Gasteiger charge is 2.12. The van der Waals surface area contributed by atoms with Crippen LogP contribution in [0, 0.1) is 0 Å². The van der Waals surface area contributed by atoms with Gasteiger partial charge in [0.25, 0.3) is 0 Å². The first-order chi connectivity index (χ1) is 10.2. The number of nitrogens with zero attached hydrogens (tertiary/aromatic N) is 1. The van der Waals surface area contributed by atoms with Crippen LogP contribution in [0.3, 0.4) is 0 Å². The maximum Gasteiger partial charge on any atom is 0.213 e. The molecule has 0 amide bonds. The third kappa shape index (κ3) is 6.44. The van der Waals surface area contributed by atoms with E-state index < -0.39 is 0 Å². The molecule has 0 fully saturated rings. The Morgan fingerprint density at radius 2 is 2.00 bits per heavy atom. The molecule has 0 saturated heterocycles. The first-order valence-corrected chi connectivity index (χ1v) is 7.77. The summed E-state index contributed by atoms with van der Waals surface area (Å²) in [5.41, 5.74) is 2.05. The summed E-state index contributed by atoms with van der Waals surface area (Å²) in [6.07, 6.45) is 10.2. The van der Waals surface area contributed by atoms with Gasteiger partial charge in [-0.3, -0.25) is 0 Å². The SMILES string of the molecule is C=C/C=C\C(=C)COc1cccc(C(CCC)CCC)n1. The zero-order valence-electron chi connectivity index (χ0n) is 13.3. The third-order valence-corrected chi connectivity index (χ3v) is 3.31. The van der Waals surface area contributed by atoms with Gasteiger partial charge in [0, 0.05) is 17.7 Å². The molecule has 1 rings (SSSR count). The fourth-order valence-corrected chi connectivity index (χ4v) is 2.29. The van der Waals surface area contributed by atoms with Crippen LogP contribution >= 0.6 is 0 Å². The number of hydrogen-bond donors (Lipinski definition) is 0. The molecule has 0 saturated carbocycles. The first-order valence-electron chi connectivity index (χ1n) is 7.77. The van der Waals surface area contributed by atoms with Crippen molar-refractivity contribution in [2.24, 2.45) is 0 Å². The fourth-order valence-electron chi connectivity index (χ4n) is 2.29. The average molecular weight is 285 g/mol. The maximum atomic E-state index is 5.72. The van der Waals surface area contributed by atoms with Crippen molar-refractivity contribution in [3.8, 4) is 5.88 Å². The Morgan fingerprint density at radius 1 is 1.29 bits per heavy atom. The summed E-state index contributed by atoms with van der Waals surface area (Å²) in [5.74, 6) is 1.21. The molecule has 0 aromatic carbocycles. The number of allylic oxidation sites excluding steroid dienone is 2. The quantitative estimate of drug-likeness (QED) is 0.534. The van der Waals surface area contributed by atoms with E-state index in [1.807, 2.05) is 24.3 Å². The summed E-state index contributed by atoms with van der Waals surface area (Å²) in [4.78, 5) is 4.65. The van der Waals surface area contributed by atoms with E-state index in [9.17, 15) is 0 Å². The van der Waals surface area contributed by atoms with E-state index in [1.165, 1.54) is 25.7 Å². The van der Waals surface area contributed by atoms with Gasteiger partial charge in [-0.25, -0.2) is 4.98 Å². The molecule has 0 bridgehead atoms. The number of aromatic nitrogens is 1. The molecule has 0 spiro atoms. The average Bonchev–Trinajstić information content (AvgIpc) is 2.51. The zero-order chi connectivity index (χ0) is 15.5. The van der Waals surface area contributed by atoms with Crippen LogP contribution in [0.25, 0.3) is 0 Å². The van der Waals surface area contributed by atoms with Crippen LogP contribution in [0.4, 0.5) is 0 Å². The second-order valence-corrected chi connectivity index (χ2v) is 5.22. The molecule has 21 heavy (non-hydrogen) atoms. The Morgan fingerprint density at radius 3 is 2.62 bits per heavy atom. The van der Waals surface area contributed by atoms with Crippen molar-refractivity contribution in [3.05, 3.63) is 60.9 Å². The molecule has 0 aliphatic rings. The summed E-state index contributed by atoms with van der Waals surface area (Å²) in [6, 6.07) is 6.04. The fraction of sp³-hybridized carbons (Fsp3) is 0.421. The molecule has 1 heterocycles. The first kappa shape index (κ1) is 17.2. The smallest absolute Gasteiger partial charge is 0.213 e. The lowest BCUT2D eigenvalue weighted by Crippen LogP contribution is -2.05. The van der Waals surface area contributed by atoms with Crippen LogP contribution in [0.2, 0.25) is 0 Å². The minimum atomic E-state index is 0.451. The predicted molar refractivity (Wildman–Crippen MR) is 90.8 cm³/mol. The number of ether oxygens (including phenoxy) is 1. The van der Waals surface area contributed by atoms with Crippen molar-refractivity contribution in [1.82, 2.24) is 4.98 Å². The molecule has 0 radical (unpaired) electrons. The van der Waals surface area contributed by atoms with Crippen molar-refractivity contribution in [1.29, 1.82) is 0 Å². The van der Waals surface area contributed by atoms with E-state index >= 15 is 0 Å². The Hall–Kier alpha value is -1.83. The summed E-state index contributed by atoms with van der Waals surface area (Å²) >= 11 is 0. The van der Waals surface area contributed by atoms with Crippen LogP contribution in [-0.2, 0) is 0 Å². The van der Waals surface area contributed by atoms with Gasteiger partial charge in [-0.1, -0.05) is 64.1 Å². The van der Waals surface area contributed by atoms with Crippen LogP contribution in [0.5, 0.6) is 5.88 Å². The topological polar surface area (TPSA) is 22.1 Å². The van der Waals surface area contributed by atoms with Gasteiger partial charge in [-0.05, 0) is 24.5 Å². The van der Waals surface area contributed by atoms with Gasteiger partial charge in [0.1, 0.15) is 6.61 Å². The highest BCUT2D eigenvalue weighted by molar-refractivity contribution is 5.22. The van der Waals surface area contributed by atoms with Gasteiger partial charge in [0.2, 0.25) is 5.88 Å². The molecule has 0 aliphatic heterocycles. The minimum absolute atomic E-state index is 0.451. The Balaban J connectivity index is 2.68. The van der Waals surface area contributed by atoms with Crippen LogP contribution < -0.4 is 4.74 Å². The number of pyridine rings is 1. The van der Waals surface area contributed by atoms with Crippen molar-refractivity contribution in [2.75, 3.05) is 6.61 Å². The second-order valence-electron chi connectivity index (χ2n) is 5.22. The van der Waals surface area contributed by atoms with E-state index in [2.05, 4.69) is 38.1 Å². The lowest BCUT2D eigenvalue weighted by Gasteiger charge is -2.15. The Bertz CT molecular complexity index is 470. The Kier molecular flexibility index (Phi) is 8.18. The highest BCUT2D eigenvalue weighted by atomic mass is 16.5. The van der Waals surface area contributed by atoms with Gasteiger partial charge in [-0.15, -0.1) is 0 Å². The normalized spacial score (nSPS) is 11.0. The van der Waals surface area contributed by atoms with Gasteiger partial charge >= 0.3 is 0 Å². The molecule has 0 unspecified atom stereocenters. The predicted octanol–water partition coefficient (Wildman–Crippen LogP) is 5.44. The number of rotatable bonds is 10. The van der Waals surface area contributed by atoms with E-state index in [0.29, 0.717) is 18.4 Å². The van der Waals surface area contributed by atoms with E-state index in [4.69, 9.17) is 4.74 Å². The molecule has 0 aliphatic carbocycles. The molecule has 1 aromatic heterocycles. The van der Waals surface area contributed by atoms with Crippen LogP contribution in [0.15, 0.2) is 55.2 Å². The largest absolute Gasteiger partial charge is 0.473 e. The highest BCUT2D eigenvalue weighted by Crippen LogP contribution is 2.26. The van der Waals surface area contributed by atoms with Gasteiger partial charge < -0.3 is 4.74 Å². The summed E-state index contributed by atoms with van der Waals surface area (Å²) in [6.45, 7) is 12.5. The van der Waals surface area contributed by atoms with Crippen molar-refractivity contribution in [3.63, 3.8) is 0 Å². The van der Waals surface area contributed by atoms with Gasteiger partial charge in [0.05, 0.1) is 0 Å². The van der Waals surface area contributed by atoms with Gasteiger partial charge in [-0.2, -0.15) is 0 Å². The van der Waals surface area contributed by atoms with Crippen LogP contribution in [0.1, 0.15) is 51.1 Å². The summed E-state index contributed by atoms with van der Waals surface area (Å²) in [5, 5.41) is 0. The molecule has 0 N–H and O–H groups in total. The van der Waals surface area contributed by atoms with E-state index in [-0.39, 0.29) is 0 Å². The lowest BCUT2D eigenvalue weighted by molar-refractivity contribution is 0.339. The molecule has 2 heteroatoms. The lowest BCUT2D eigenvalue weighted by atomic mass is 9.94. The summed E-state index contributed by atoms with van der Waals surface area (Å²) < 4.78 is 5.72. The Labute approximate surface area is 129 Å². The van der Waals surface area contributed by atoms with Crippen molar-refractivity contribution in [2.45, 2.75) is 45.4 Å². The molecular formula is C19H27NO. The van der Waals surface area contributed by atoms with Crippen molar-refractivity contribution >= 4 is 0 Å². The second kappa shape index (κ2) is 9.98. The minimum Gasteiger partial charge on any atom is -0.473 e. The van der Waals surface area contributed by atoms with Gasteiger partial charge in [0.15, 0.2) is 0 Å². The summed E-state index contributed by atoms with van der Waals surface area (Å²) in [7, 11) is 0. The molecule has 0 atom stereocenters.